The Bertz CT molecular complexity index is 244. The van der Waals surface area contributed by atoms with E-state index in [1.54, 1.807) is 12.1 Å². The van der Waals surface area contributed by atoms with Gasteiger partial charge in [0, 0.05) is 4.47 Å². The maximum Gasteiger partial charge on any atom is 0.152 e. The summed E-state index contributed by atoms with van der Waals surface area (Å²) in [5.41, 5.74) is 5.77. The van der Waals surface area contributed by atoms with Crippen molar-refractivity contribution in [1.82, 2.24) is 0 Å². The van der Waals surface area contributed by atoms with E-state index in [0.29, 0.717) is 10.2 Å². The summed E-state index contributed by atoms with van der Waals surface area (Å²) in [4.78, 5) is 0. The van der Waals surface area contributed by atoms with Crippen molar-refractivity contribution in [3.63, 3.8) is 0 Å². The average Bonchev–Trinajstić information content (AvgIpc) is 1.82. The fourth-order valence-corrected chi connectivity index (χ4v) is 1.84. The summed E-state index contributed by atoms with van der Waals surface area (Å²) in [6, 6.07) is 3.37. The molecule has 11 heavy (non-hydrogen) atoms. The lowest BCUT2D eigenvalue weighted by Gasteiger charge is -2.00. The Morgan fingerprint density at radius 3 is 2.27 bits per heavy atom. The number of rotatable bonds is 0. The Labute approximate surface area is 87.5 Å². The first-order valence-corrected chi connectivity index (χ1v) is 4.13. The number of nitrogen functional groups attached to an aromatic ring is 1. The van der Waals surface area contributed by atoms with Crippen LogP contribution in [0.4, 0.5) is 5.69 Å². The van der Waals surface area contributed by atoms with Crippen LogP contribution in [0, 0.1) is 0 Å². The molecular weight excluding hydrogens is 297 g/mol. The van der Waals surface area contributed by atoms with Gasteiger partial charge in [0.1, 0.15) is 0 Å². The fraction of sp³-hybridized carbons (Fsp3) is 0. The molecule has 0 aliphatic carbocycles. The number of phenols is 1. The molecule has 5 heteroatoms. The molecule has 0 aromatic heterocycles. The zero-order valence-electron chi connectivity index (χ0n) is 5.34. The van der Waals surface area contributed by atoms with Crippen LogP contribution in [0.1, 0.15) is 0 Å². The topological polar surface area (TPSA) is 46.2 Å². The minimum Gasteiger partial charge on any atom is -0.505 e. The van der Waals surface area contributed by atoms with Gasteiger partial charge in [0.25, 0.3) is 0 Å². The van der Waals surface area contributed by atoms with Crippen molar-refractivity contribution in [3.05, 3.63) is 21.1 Å². The maximum absolute atomic E-state index is 9.14. The van der Waals surface area contributed by atoms with Crippen LogP contribution < -0.4 is 5.73 Å². The normalized spacial score (nSPS) is 8.91. The van der Waals surface area contributed by atoms with Crippen molar-refractivity contribution in [2.24, 2.45) is 0 Å². The Morgan fingerprint density at radius 1 is 1.27 bits per heavy atom. The summed E-state index contributed by atoms with van der Waals surface area (Å²) in [6.45, 7) is 0. The molecule has 1 aromatic carbocycles. The highest BCUT2D eigenvalue weighted by Gasteiger charge is 2.02. The summed E-state index contributed by atoms with van der Waals surface area (Å²) in [5, 5.41) is 9.14. The van der Waals surface area contributed by atoms with Gasteiger partial charge in [-0.2, -0.15) is 0 Å². The molecule has 0 saturated heterocycles. The molecule has 1 aromatic rings. The molecule has 0 heterocycles. The Morgan fingerprint density at radius 2 is 1.82 bits per heavy atom. The van der Waals surface area contributed by atoms with Crippen LogP contribution in [0.5, 0.6) is 5.75 Å². The van der Waals surface area contributed by atoms with Gasteiger partial charge < -0.3 is 10.8 Å². The van der Waals surface area contributed by atoms with E-state index in [9.17, 15) is 0 Å². The van der Waals surface area contributed by atoms with Crippen molar-refractivity contribution < 1.29 is 5.11 Å². The second kappa shape index (κ2) is 4.18. The molecule has 0 fully saturated rings. The zero-order valence-corrected chi connectivity index (χ0v) is 9.33. The van der Waals surface area contributed by atoms with Gasteiger partial charge in [-0.05, 0) is 28.1 Å². The molecule has 0 saturated carbocycles. The van der Waals surface area contributed by atoms with Crippen LogP contribution in [0.3, 0.4) is 0 Å². The molecular formula is C6H6Br2ClNO. The van der Waals surface area contributed by atoms with Crippen LogP contribution in [-0.2, 0) is 0 Å². The van der Waals surface area contributed by atoms with Crippen LogP contribution in [0.2, 0.25) is 0 Å². The number of aromatic hydroxyl groups is 1. The van der Waals surface area contributed by atoms with Gasteiger partial charge in [0.15, 0.2) is 5.75 Å². The number of hydrogen-bond donors (Lipinski definition) is 2. The predicted octanol–water partition coefficient (Wildman–Crippen LogP) is 2.92. The standard InChI is InChI=1S/C6H5Br2NO.ClH/c7-3-1-4(8)6(10)5(9)2-3;/h1-2,10H,9H2;1H. The lowest BCUT2D eigenvalue weighted by Crippen LogP contribution is -1.85. The van der Waals surface area contributed by atoms with E-state index in [0.717, 1.165) is 4.47 Å². The molecule has 0 atom stereocenters. The van der Waals surface area contributed by atoms with Gasteiger partial charge in [-0.25, -0.2) is 0 Å². The predicted molar refractivity (Wildman–Crippen MR) is 55.2 cm³/mol. The zero-order chi connectivity index (χ0) is 7.72. The Kier molecular flexibility index (Phi) is 4.21. The number of hydrogen-bond acceptors (Lipinski definition) is 2. The number of benzene rings is 1. The van der Waals surface area contributed by atoms with Crippen LogP contribution >= 0.6 is 44.3 Å². The van der Waals surface area contributed by atoms with Crippen molar-refractivity contribution >= 4 is 50.0 Å². The summed E-state index contributed by atoms with van der Waals surface area (Å²) < 4.78 is 1.44. The van der Waals surface area contributed by atoms with Gasteiger partial charge in [0.05, 0.1) is 10.2 Å². The van der Waals surface area contributed by atoms with Crippen molar-refractivity contribution in [1.29, 1.82) is 0 Å². The van der Waals surface area contributed by atoms with Crippen LogP contribution in [-0.4, -0.2) is 5.11 Å². The van der Waals surface area contributed by atoms with E-state index in [-0.39, 0.29) is 18.2 Å². The smallest absolute Gasteiger partial charge is 0.152 e. The average molecular weight is 303 g/mol. The first kappa shape index (κ1) is 11.1. The molecule has 0 aliphatic rings. The first-order chi connectivity index (χ1) is 4.61. The van der Waals surface area contributed by atoms with Crippen molar-refractivity contribution in [2.45, 2.75) is 0 Å². The third kappa shape index (κ3) is 2.54. The second-order valence-corrected chi connectivity index (χ2v) is 3.60. The molecule has 0 spiro atoms. The monoisotopic (exact) mass is 301 g/mol. The Balaban J connectivity index is 0.000001000. The SMILES string of the molecule is Cl.Nc1cc(Br)cc(Br)c1O. The Hall–Kier alpha value is 0.0700. The minimum absolute atomic E-state index is 0. The third-order valence-electron chi connectivity index (χ3n) is 1.06. The molecule has 0 bridgehead atoms. The minimum atomic E-state index is 0. The van der Waals surface area contributed by atoms with E-state index in [1.165, 1.54) is 0 Å². The van der Waals surface area contributed by atoms with E-state index in [4.69, 9.17) is 10.8 Å². The molecule has 0 aliphatic heterocycles. The van der Waals surface area contributed by atoms with Gasteiger partial charge in [-0.15, -0.1) is 12.4 Å². The van der Waals surface area contributed by atoms with Crippen molar-refractivity contribution in [3.8, 4) is 5.75 Å². The van der Waals surface area contributed by atoms with Crippen LogP contribution in [0.15, 0.2) is 21.1 Å². The third-order valence-corrected chi connectivity index (χ3v) is 2.12. The lowest BCUT2D eigenvalue weighted by atomic mass is 10.3. The van der Waals surface area contributed by atoms with E-state index in [2.05, 4.69) is 31.9 Å². The molecule has 0 amide bonds. The molecule has 2 nitrogen and oxygen atoms in total. The van der Waals surface area contributed by atoms with E-state index < -0.39 is 0 Å². The van der Waals surface area contributed by atoms with E-state index >= 15 is 0 Å². The molecule has 3 N–H and O–H groups in total. The fourth-order valence-electron chi connectivity index (χ4n) is 0.586. The van der Waals surface area contributed by atoms with Crippen molar-refractivity contribution in [2.75, 3.05) is 5.73 Å². The first-order valence-electron chi connectivity index (χ1n) is 2.54. The van der Waals surface area contributed by atoms with Crippen LogP contribution in [0.25, 0.3) is 0 Å². The number of anilines is 1. The maximum atomic E-state index is 9.14. The van der Waals surface area contributed by atoms with Gasteiger partial charge in [-0.1, -0.05) is 15.9 Å². The molecule has 0 unspecified atom stereocenters. The highest BCUT2D eigenvalue weighted by molar-refractivity contribution is 9.11. The summed E-state index contributed by atoms with van der Waals surface area (Å²) in [7, 11) is 0. The summed E-state index contributed by atoms with van der Waals surface area (Å²) in [6.07, 6.45) is 0. The lowest BCUT2D eigenvalue weighted by molar-refractivity contribution is 0.474. The summed E-state index contributed by atoms with van der Waals surface area (Å²) in [5.74, 6) is 0.0863. The van der Waals surface area contributed by atoms with E-state index in [1.807, 2.05) is 0 Å². The highest BCUT2D eigenvalue weighted by Crippen LogP contribution is 2.32. The van der Waals surface area contributed by atoms with Gasteiger partial charge in [-0.3, -0.25) is 0 Å². The summed E-state index contributed by atoms with van der Waals surface area (Å²) >= 11 is 6.36. The number of phenolic OH excluding ortho intramolecular Hbond substituents is 1. The number of halogens is 3. The second-order valence-electron chi connectivity index (χ2n) is 1.83. The van der Waals surface area contributed by atoms with Gasteiger partial charge >= 0.3 is 0 Å². The highest BCUT2D eigenvalue weighted by atomic mass is 79.9. The quantitative estimate of drug-likeness (QED) is 0.572. The largest absolute Gasteiger partial charge is 0.505 e. The number of nitrogens with two attached hydrogens (primary N) is 1. The molecule has 62 valence electrons. The molecule has 1 rings (SSSR count). The van der Waals surface area contributed by atoms with Gasteiger partial charge in [0.2, 0.25) is 0 Å². The molecule has 0 radical (unpaired) electrons.